The van der Waals surface area contributed by atoms with Crippen LogP contribution in [0.4, 0.5) is 5.69 Å². The zero-order valence-corrected chi connectivity index (χ0v) is 11.9. The Labute approximate surface area is 117 Å². The van der Waals surface area contributed by atoms with Gasteiger partial charge in [0.25, 0.3) is 10.0 Å². The monoisotopic (exact) mass is 292 g/mol. The van der Waals surface area contributed by atoms with E-state index in [2.05, 4.69) is 16.6 Å². The Balaban J connectivity index is 2.19. The van der Waals surface area contributed by atoms with E-state index in [1.54, 1.807) is 12.1 Å². The molecule has 0 aliphatic heterocycles. The predicted octanol–water partition coefficient (Wildman–Crippen LogP) is 2.13. The molecule has 1 aromatic carbocycles. The lowest BCUT2D eigenvalue weighted by molar-refractivity contribution is 0.600. The van der Waals surface area contributed by atoms with Gasteiger partial charge in [-0.1, -0.05) is 25.5 Å². The Kier molecular flexibility index (Phi) is 4.24. The summed E-state index contributed by atoms with van der Waals surface area (Å²) >= 11 is 0. The van der Waals surface area contributed by atoms with Gasteiger partial charge in [0.05, 0.1) is 0 Å². The minimum Gasteiger partial charge on any atom is -0.328 e. The van der Waals surface area contributed by atoms with E-state index in [0.29, 0.717) is 5.69 Å². The molecule has 1 aromatic heterocycles. The maximum atomic E-state index is 12.1. The van der Waals surface area contributed by atoms with Crippen molar-refractivity contribution in [3.05, 3.63) is 58.5 Å². The van der Waals surface area contributed by atoms with Crippen LogP contribution in [0.5, 0.6) is 0 Å². The van der Waals surface area contributed by atoms with Crippen LogP contribution in [0.3, 0.4) is 0 Å². The Morgan fingerprint density at radius 1 is 1.10 bits per heavy atom. The van der Waals surface area contributed by atoms with Crippen molar-refractivity contribution in [2.24, 2.45) is 0 Å². The van der Waals surface area contributed by atoms with Crippen LogP contribution in [0.1, 0.15) is 18.9 Å². The zero-order chi connectivity index (χ0) is 14.6. The fraction of sp³-hybridized carbons (Fsp3) is 0.214. The van der Waals surface area contributed by atoms with Gasteiger partial charge in [-0.15, -0.1) is 0 Å². The number of anilines is 1. The van der Waals surface area contributed by atoms with Crippen molar-refractivity contribution in [3.63, 3.8) is 0 Å². The average molecular weight is 292 g/mol. The summed E-state index contributed by atoms with van der Waals surface area (Å²) in [4.78, 5) is 13.3. The van der Waals surface area contributed by atoms with Gasteiger partial charge in [-0.3, -0.25) is 9.52 Å². The molecule has 2 aromatic rings. The van der Waals surface area contributed by atoms with Gasteiger partial charge in [-0.2, -0.15) is 0 Å². The number of benzene rings is 1. The molecule has 20 heavy (non-hydrogen) atoms. The molecule has 0 amide bonds. The van der Waals surface area contributed by atoms with Crippen LogP contribution in [0, 0.1) is 0 Å². The van der Waals surface area contributed by atoms with E-state index in [0.717, 1.165) is 12.8 Å². The van der Waals surface area contributed by atoms with Gasteiger partial charge in [0.2, 0.25) is 5.56 Å². The molecule has 0 aliphatic rings. The zero-order valence-electron chi connectivity index (χ0n) is 11.1. The Morgan fingerprint density at radius 3 is 2.35 bits per heavy atom. The summed E-state index contributed by atoms with van der Waals surface area (Å²) in [6.45, 7) is 2.09. The third-order valence-electron chi connectivity index (χ3n) is 2.81. The highest BCUT2D eigenvalue weighted by molar-refractivity contribution is 7.92. The van der Waals surface area contributed by atoms with Crippen molar-refractivity contribution in [3.8, 4) is 0 Å². The molecule has 0 radical (unpaired) electrons. The van der Waals surface area contributed by atoms with Crippen LogP contribution in [-0.2, 0) is 16.4 Å². The van der Waals surface area contributed by atoms with Gasteiger partial charge in [0, 0.05) is 18.0 Å². The molecule has 106 valence electrons. The Hall–Kier alpha value is -2.08. The number of hydrogen-bond donors (Lipinski definition) is 2. The van der Waals surface area contributed by atoms with E-state index < -0.39 is 10.0 Å². The number of H-pyrrole nitrogens is 1. The lowest BCUT2D eigenvalue weighted by Crippen LogP contribution is -2.15. The first-order valence-corrected chi connectivity index (χ1v) is 7.80. The SMILES string of the molecule is CCCc1ccc(NS(=O)(=O)c2ccc(=O)[nH]c2)cc1. The highest BCUT2D eigenvalue weighted by Gasteiger charge is 2.13. The van der Waals surface area contributed by atoms with Gasteiger partial charge in [-0.25, -0.2) is 8.42 Å². The van der Waals surface area contributed by atoms with Crippen LogP contribution >= 0.6 is 0 Å². The second-order valence-electron chi connectivity index (χ2n) is 4.44. The summed E-state index contributed by atoms with van der Waals surface area (Å²) in [6, 6.07) is 9.70. The molecule has 0 bridgehead atoms. The minimum absolute atomic E-state index is 0.0229. The van der Waals surface area contributed by atoms with Gasteiger partial charge < -0.3 is 4.98 Å². The quantitative estimate of drug-likeness (QED) is 0.886. The second kappa shape index (κ2) is 5.92. The Bertz CT molecular complexity index is 713. The summed E-state index contributed by atoms with van der Waals surface area (Å²) < 4.78 is 26.7. The first-order valence-electron chi connectivity index (χ1n) is 6.32. The number of hydrogen-bond acceptors (Lipinski definition) is 3. The molecule has 1 heterocycles. The molecule has 0 saturated carbocycles. The molecule has 0 atom stereocenters. The first-order chi connectivity index (χ1) is 9.51. The fourth-order valence-electron chi connectivity index (χ4n) is 1.81. The van der Waals surface area contributed by atoms with Gasteiger partial charge in [0.15, 0.2) is 0 Å². The topological polar surface area (TPSA) is 79.0 Å². The summed E-state index contributed by atoms with van der Waals surface area (Å²) in [5.74, 6) is 0. The molecular formula is C14H16N2O3S. The largest absolute Gasteiger partial charge is 0.328 e. The molecule has 0 spiro atoms. The summed E-state index contributed by atoms with van der Waals surface area (Å²) in [5.41, 5.74) is 1.32. The third-order valence-corrected chi connectivity index (χ3v) is 4.19. The van der Waals surface area contributed by atoms with Gasteiger partial charge in [-0.05, 0) is 30.2 Å². The molecule has 0 aliphatic carbocycles. The number of sulfonamides is 1. The van der Waals surface area contributed by atoms with Crippen LogP contribution < -0.4 is 10.3 Å². The van der Waals surface area contributed by atoms with Crippen LogP contribution in [-0.4, -0.2) is 13.4 Å². The molecule has 0 saturated heterocycles. The minimum atomic E-state index is -3.68. The van der Waals surface area contributed by atoms with Crippen molar-refractivity contribution in [2.75, 3.05) is 4.72 Å². The summed E-state index contributed by atoms with van der Waals surface area (Å²) in [6.07, 6.45) is 3.19. The van der Waals surface area contributed by atoms with E-state index in [1.807, 2.05) is 12.1 Å². The van der Waals surface area contributed by atoms with E-state index in [1.165, 1.54) is 23.9 Å². The molecule has 5 nitrogen and oxygen atoms in total. The van der Waals surface area contributed by atoms with Crippen LogP contribution in [0.15, 0.2) is 52.3 Å². The molecule has 2 rings (SSSR count). The first kappa shape index (κ1) is 14.3. The van der Waals surface area contributed by atoms with Crippen molar-refractivity contribution >= 4 is 15.7 Å². The highest BCUT2D eigenvalue weighted by Crippen LogP contribution is 2.16. The lowest BCUT2D eigenvalue weighted by atomic mass is 10.1. The normalized spacial score (nSPS) is 11.2. The number of aryl methyl sites for hydroxylation is 1. The maximum absolute atomic E-state index is 12.1. The van der Waals surface area contributed by atoms with Crippen LogP contribution in [0.25, 0.3) is 0 Å². The number of pyridine rings is 1. The van der Waals surface area contributed by atoms with Crippen molar-refractivity contribution < 1.29 is 8.42 Å². The van der Waals surface area contributed by atoms with Gasteiger partial charge in [0.1, 0.15) is 4.90 Å². The van der Waals surface area contributed by atoms with Crippen LogP contribution in [0.2, 0.25) is 0 Å². The second-order valence-corrected chi connectivity index (χ2v) is 6.12. The third kappa shape index (κ3) is 3.48. The summed E-state index contributed by atoms with van der Waals surface area (Å²) in [7, 11) is -3.68. The standard InChI is InChI=1S/C14H16N2O3S/c1-2-3-11-4-6-12(7-5-11)16-20(18,19)13-8-9-14(17)15-10-13/h4-10,16H,2-3H2,1H3,(H,15,17). The van der Waals surface area contributed by atoms with Crippen molar-refractivity contribution in [1.82, 2.24) is 4.98 Å². The smallest absolute Gasteiger partial charge is 0.263 e. The van der Waals surface area contributed by atoms with E-state index >= 15 is 0 Å². The number of aromatic amines is 1. The Morgan fingerprint density at radius 2 is 1.80 bits per heavy atom. The molecule has 0 fully saturated rings. The molecule has 2 N–H and O–H groups in total. The predicted molar refractivity (Wildman–Crippen MR) is 78.3 cm³/mol. The molecule has 0 unspecified atom stereocenters. The summed E-state index contributed by atoms with van der Waals surface area (Å²) in [5, 5.41) is 0. The molecular weight excluding hydrogens is 276 g/mol. The van der Waals surface area contributed by atoms with E-state index in [4.69, 9.17) is 0 Å². The number of nitrogens with one attached hydrogen (secondary N) is 2. The van der Waals surface area contributed by atoms with Crippen molar-refractivity contribution in [2.45, 2.75) is 24.7 Å². The van der Waals surface area contributed by atoms with E-state index in [-0.39, 0.29) is 10.5 Å². The maximum Gasteiger partial charge on any atom is 0.263 e. The molecule has 6 heteroatoms. The van der Waals surface area contributed by atoms with Gasteiger partial charge >= 0.3 is 0 Å². The fourth-order valence-corrected chi connectivity index (χ4v) is 2.83. The number of aromatic nitrogens is 1. The lowest BCUT2D eigenvalue weighted by Gasteiger charge is -2.08. The number of rotatable bonds is 5. The average Bonchev–Trinajstić information content (AvgIpc) is 2.41. The van der Waals surface area contributed by atoms with Crippen molar-refractivity contribution in [1.29, 1.82) is 0 Å². The highest BCUT2D eigenvalue weighted by atomic mass is 32.2. The van der Waals surface area contributed by atoms with E-state index in [9.17, 15) is 13.2 Å².